The number of hydrogen-bond donors (Lipinski definition) is 1. The quantitative estimate of drug-likeness (QED) is 0.706. The second kappa shape index (κ2) is 7.10. The van der Waals surface area contributed by atoms with Crippen LogP contribution in [0.2, 0.25) is 0 Å². The van der Waals surface area contributed by atoms with E-state index in [9.17, 15) is 4.79 Å². The molecule has 0 fully saturated rings. The Morgan fingerprint density at radius 3 is 2.88 bits per heavy atom. The minimum atomic E-state index is -0.219. The van der Waals surface area contributed by atoms with Crippen LogP contribution in [-0.2, 0) is 7.05 Å². The number of aryl methyl sites for hydroxylation is 1. The number of halogens is 1. The number of hydrogen-bond acceptors (Lipinski definition) is 5. The first-order valence-corrected chi connectivity index (χ1v) is 8.43. The summed E-state index contributed by atoms with van der Waals surface area (Å²) in [6, 6.07) is 3.77. The Hall–Kier alpha value is -2.61. The van der Waals surface area contributed by atoms with E-state index in [1.54, 1.807) is 24.9 Å². The van der Waals surface area contributed by atoms with Gasteiger partial charge in [0.05, 0.1) is 24.4 Å². The van der Waals surface area contributed by atoms with E-state index in [-0.39, 0.29) is 5.56 Å². The van der Waals surface area contributed by atoms with Crippen LogP contribution in [0.5, 0.6) is 11.5 Å². The lowest BCUT2D eigenvalue weighted by Crippen LogP contribution is -2.09. The maximum atomic E-state index is 12.1. The molecule has 0 saturated carbocycles. The highest BCUT2D eigenvalue weighted by atomic mass is 79.9. The number of fused-ring (bicyclic) bond motifs is 1. The standard InChI is InChI=1S/C17H17BrN4O3/c1-4-25-13-8-10(7-12(18)15(13)24-3)5-6-14-20-16-11(17(23)21-14)9-19-22(16)2/h5-9H,4H2,1-3H3,(H,20,21,23)/b6-5+. The van der Waals surface area contributed by atoms with Gasteiger partial charge in [-0.05, 0) is 46.6 Å². The zero-order valence-electron chi connectivity index (χ0n) is 14.0. The van der Waals surface area contributed by atoms with Gasteiger partial charge in [0.1, 0.15) is 11.2 Å². The molecule has 2 aromatic heterocycles. The summed E-state index contributed by atoms with van der Waals surface area (Å²) in [5.74, 6) is 1.73. The summed E-state index contributed by atoms with van der Waals surface area (Å²) in [5.41, 5.74) is 1.20. The van der Waals surface area contributed by atoms with Crippen LogP contribution in [0, 0.1) is 0 Å². The molecule has 0 saturated heterocycles. The lowest BCUT2D eigenvalue weighted by atomic mass is 10.2. The van der Waals surface area contributed by atoms with Crippen LogP contribution in [0.15, 0.2) is 27.6 Å². The van der Waals surface area contributed by atoms with Crippen LogP contribution in [0.1, 0.15) is 18.3 Å². The Balaban J connectivity index is 1.99. The molecule has 0 aliphatic rings. The first-order chi connectivity index (χ1) is 12.0. The largest absolute Gasteiger partial charge is 0.492 e. The molecule has 1 N–H and O–H groups in total. The van der Waals surface area contributed by atoms with E-state index < -0.39 is 0 Å². The van der Waals surface area contributed by atoms with E-state index in [1.165, 1.54) is 6.20 Å². The number of aromatic amines is 1. The molecular formula is C17H17BrN4O3. The molecule has 0 amide bonds. The average molecular weight is 405 g/mol. The molecule has 0 radical (unpaired) electrons. The van der Waals surface area contributed by atoms with Crippen molar-refractivity contribution in [1.29, 1.82) is 0 Å². The third-order valence-electron chi connectivity index (χ3n) is 3.59. The fourth-order valence-electron chi connectivity index (χ4n) is 2.45. The van der Waals surface area contributed by atoms with E-state index in [2.05, 4.69) is 31.0 Å². The predicted octanol–water partition coefficient (Wildman–Crippen LogP) is 3.00. The lowest BCUT2D eigenvalue weighted by molar-refractivity contribution is 0.310. The molecule has 0 atom stereocenters. The molecule has 1 aromatic carbocycles. The van der Waals surface area contributed by atoms with Gasteiger partial charge in [0.2, 0.25) is 0 Å². The maximum Gasteiger partial charge on any atom is 0.262 e. The zero-order valence-corrected chi connectivity index (χ0v) is 15.6. The number of ether oxygens (including phenoxy) is 2. The Labute approximate surface area is 152 Å². The van der Waals surface area contributed by atoms with Gasteiger partial charge < -0.3 is 14.5 Å². The topological polar surface area (TPSA) is 82.0 Å². The number of nitrogens with one attached hydrogen (secondary N) is 1. The second-order valence-electron chi connectivity index (χ2n) is 5.26. The normalized spacial score (nSPS) is 11.4. The molecule has 7 nitrogen and oxygen atoms in total. The summed E-state index contributed by atoms with van der Waals surface area (Å²) < 4.78 is 13.3. The highest BCUT2D eigenvalue weighted by Gasteiger charge is 2.10. The van der Waals surface area contributed by atoms with Crippen LogP contribution in [0.25, 0.3) is 23.2 Å². The summed E-state index contributed by atoms with van der Waals surface area (Å²) in [6.45, 7) is 2.44. The minimum Gasteiger partial charge on any atom is -0.492 e. The highest BCUT2D eigenvalue weighted by Crippen LogP contribution is 2.37. The molecule has 0 spiro atoms. The monoisotopic (exact) mass is 404 g/mol. The molecule has 0 aliphatic carbocycles. The van der Waals surface area contributed by atoms with Crippen LogP contribution in [0.3, 0.4) is 0 Å². The van der Waals surface area contributed by atoms with Crippen molar-refractivity contribution in [1.82, 2.24) is 19.7 Å². The van der Waals surface area contributed by atoms with E-state index in [0.717, 1.165) is 10.0 Å². The van der Waals surface area contributed by atoms with Crippen LogP contribution in [-0.4, -0.2) is 33.5 Å². The number of aromatic nitrogens is 4. The first kappa shape index (κ1) is 17.2. The molecule has 8 heteroatoms. The van der Waals surface area contributed by atoms with Gasteiger partial charge >= 0.3 is 0 Å². The summed E-state index contributed by atoms with van der Waals surface area (Å²) in [4.78, 5) is 19.2. The number of rotatable bonds is 5. The van der Waals surface area contributed by atoms with E-state index in [4.69, 9.17) is 9.47 Å². The summed E-state index contributed by atoms with van der Waals surface area (Å²) in [7, 11) is 3.34. The number of benzene rings is 1. The minimum absolute atomic E-state index is 0.219. The fourth-order valence-corrected chi connectivity index (χ4v) is 3.07. The fraction of sp³-hybridized carbons (Fsp3) is 0.235. The SMILES string of the molecule is CCOc1cc(/C=C/c2nc3c(cnn3C)c(=O)[nH]2)cc(Br)c1OC. The zero-order chi connectivity index (χ0) is 18.0. The molecule has 3 rings (SSSR count). The van der Waals surface area contributed by atoms with Gasteiger partial charge in [-0.2, -0.15) is 5.10 Å². The van der Waals surface area contributed by atoms with Gasteiger partial charge in [-0.25, -0.2) is 4.98 Å². The number of nitrogens with zero attached hydrogens (tertiary/aromatic N) is 3. The lowest BCUT2D eigenvalue weighted by Gasteiger charge is -2.12. The Kier molecular flexibility index (Phi) is 4.89. The Morgan fingerprint density at radius 1 is 1.36 bits per heavy atom. The van der Waals surface area contributed by atoms with Gasteiger partial charge in [0.25, 0.3) is 5.56 Å². The summed E-state index contributed by atoms with van der Waals surface area (Å²) in [6.07, 6.45) is 5.08. The van der Waals surface area contributed by atoms with Crippen LogP contribution < -0.4 is 15.0 Å². The average Bonchev–Trinajstić information content (AvgIpc) is 2.95. The van der Waals surface area contributed by atoms with E-state index in [1.807, 2.05) is 25.1 Å². The second-order valence-corrected chi connectivity index (χ2v) is 6.11. The Bertz CT molecular complexity index is 1010. The molecule has 25 heavy (non-hydrogen) atoms. The van der Waals surface area contributed by atoms with Gasteiger partial charge in [0, 0.05) is 7.05 Å². The number of H-pyrrole nitrogens is 1. The van der Waals surface area contributed by atoms with E-state index >= 15 is 0 Å². The summed E-state index contributed by atoms with van der Waals surface area (Å²) in [5, 5.41) is 4.52. The molecule has 2 heterocycles. The third-order valence-corrected chi connectivity index (χ3v) is 4.18. The van der Waals surface area contributed by atoms with E-state index in [0.29, 0.717) is 35.0 Å². The van der Waals surface area contributed by atoms with Crippen molar-refractivity contribution in [3.8, 4) is 11.5 Å². The van der Waals surface area contributed by atoms with Crippen molar-refractivity contribution < 1.29 is 9.47 Å². The molecule has 130 valence electrons. The molecule has 0 unspecified atom stereocenters. The molecular weight excluding hydrogens is 388 g/mol. The smallest absolute Gasteiger partial charge is 0.262 e. The predicted molar refractivity (Wildman–Crippen MR) is 99.9 cm³/mol. The van der Waals surface area contributed by atoms with Crippen molar-refractivity contribution in [2.75, 3.05) is 13.7 Å². The highest BCUT2D eigenvalue weighted by molar-refractivity contribution is 9.10. The van der Waals surface area contributed by atoms with Gasteiger partial charge in [-0.1, -0.05) is 6.08 Å². The van der Waals surface area contributed by atoms with Gasteiger partial charge in [-0.3, -0.25) is 9.48 Å². The maximum absolute atomic E-state index is 12.1. The van der Waals surface area contributed by atoms with Crippen molar-refractivity contribution in [3.63, 3.8) is 0 Å². The number of methoxy groups -OCH3 is 1. The van der Waals surface area contributed by atoms with Gasteiger partial charge in [0.15, 0.2) is 17.1 Å². The first-order valence-electron chi connectivity index (χ1n) is 7.64. The van der Waals surface area contributed by atoms with Crippen molar-refractivity contribution >= 4 is 39.1 Å². The van der Waals surface area contributed by atoms with Crippen molar-refractivity contribution in [2.45, 2.75) is 6.92 Å². The van der Waals surface area contributed by atoms with Crippen molar-refractivity contribution in [3.05, 3.63) is 44.5 Å². The Morgan fingerprint density at radius 2 is 2.16 bits per heavy atom. The molecule has 0 aliphatic heterocycles. The van der Waals surface area contributed by atoms with Crippen LogP contribution >= 0.6 is 15.9 Å². The third kappa shape index (κ3) is 3.43. The van der Waals surface area contributed by atoms with Crippen LogP contribution in [0.4, 0.5) is 0 Å². The summed E-state index contributed by atoms with van der Waals surface area (Å²) >= 11 is 3.48. The van der Waals surface area contributed by atoms with Gasteiger partial charge in [-0.15, -0.1) is 0 Å². The molecule has 3 aromatic rings. The van der Waals surface area contributed by atoms with Crippen molar-refractivity contribution in [2.24, 2.45) is 7.05 Å². The molecule has 0 bridgehead atoms.